The van der Waals surface area contributed by atoms with Crippen LogP contribution in [0.5, 0.6) is 5.75 Å². The first kappa shape index (κ1) is 15.1. The molecule has 0 radical (unpaired) electrons. The Bertz CT molecular complexity index is 717. The van der Waals surface area contributed by atoms with Gasteiger partial charge in [-0.25, -0.2) is 0 Å². The molecule has 0 saturated carbocycles. The zero-order valence-electron chi connectivity index (χ0n) is 12.1. The molecule has 3 rings (SSSR count). The van der Waals surface area contributed by atoms with Crippen molar-refractivity contribution in [3.05, 3.63) is 63.6 Å². The Morgan fingerprint density at radius 3 is 2.86 bits per heavy atom. The lowest BCUT2D eigenvalue weighted by atomic mass is 10.1. The van der Waals surface area contributed by atoms with Crippen LogP contribution in [0.25, 0.3) is 0 Å². The smallest absolute Gasteiger partial charge is 0.255 e. The SMILES string of the molecule is COc1cccc([C@@H](CO)N2Cc3ccc(Br)cc3C2=O)c1. The number of ether oxygens (including phenoxy) is 1. The fourth-order valence-electron chi connectivity index (χ4n) is 2.78. The molecular formula is C17H16BrNO3. The normalized spacial score (nSPS) is 14.9. The van der Waals surface area contributed by atoms with E-state index in [0.717, 1.165) is 15.6 Å². The number of halogens is 1. The molecule has 4 nitrogen and oxygen atoms in total. The average Bonchev–Trinajstić information content (AvgIpc) is 2.85. The van der Waals surface area contributed by atoms with Crippen LogP contribution in [0, 0.1) is 0 Å². The second kappa shape index (κ2) is 6.10. The molecule has 1 aliphatic heterocycles. The molecule has 1 aliphatic rings. The highest BCUT2D eigenvalue weighted by atomic mass is 79.9. The van der Waals surface area contributed by atoms with Gasteiger partial charge in [-0.05, 0) is 35.4 Å². The highest BCUT2D eigenvalue weighted by molar-refractivity contribution is 9.10. The molecule has 114 valence electrons. The van der Waals surface area contributed by atoms with Gasteiger partial charge in [0.15, 0.2) is 0 Å². The molecule has 0 spiro atoms. The molecule has 0 unspecified atom stereocenters. The van der Waals surface area contributed by atoms with E-state index in [1.54, 1.807) is 12.0 Å². The minimum atomic E-state index is -0.381. The van der Waals surface area contributed by atoms with Crippen molar-refractivity contribution >= 4 is 21.8 Å². The maximum Gasteiger partial charge on any atom is 0.255 e. The van der Waals surface area contributed by atoms with Crippen molar-refractivity contribution in [2.75, 3.05) is 13.7 Å². The number of carbonyl (C=O) groups is 1. The summed E-state index contributed by atoms with van der Waals surface area (Å²) in [6.45, 7) is 0.373. The Hall–Kier alpha value is -1.85. The van der Waals surface area contributed by atoms with Crippen LogP contribution in [0.1, 0.15) is 27.5 Å². The minimum absolute atomic E-state index is 0.0573. The molecule has 0 saturated heterocycles. The molecule has 0 aliphatic carbocycles. The highest BCUT2D eigenvalue weighted by Gasteiger charge is 2.33. The number of methoxy groups -OCH3 is 1. The van der Waals surface area contributed by atoms with Gasteiger partial charge in [-0.3, -0.25) is 4.79 Å². The Morgan fingerprint density at radius 1 is 1.32 bits per heavy atom. The van der Waals surface area contributed by atoms with Gasteiger partial charge >= 0.3 is 0 Å². The third-order valence-corrected chi connectivity index (χ3v) is 4.42. The Labute approximate surface area is 137 Å². The van der Waals surface area contributed by atoms with Gasteiger partial charge in [0.2, 0.25) is 0 Å². The summed E-state index contributed by atoms with van der Waals surface area (Å²) in [5.74, 6) is 0.654. The lowest BCUT2D eigenvalue weighted by Crippen LogP contribution is -2.31. The summed E-state index contributed by atoms with van der Waals surface area (Å²) in [5.41, 5.74) is 2.53. The topological polar surface area (TPSA) is 49.8 Å². The second-order valence-electron chi connectivity index (χ2n) is 5.21. The Morgan fingerprint density at radius 2 is 2.14 bits per heavy atom. The predicted molar refractivity (Wildman–Crippen MR) is 86.8 cm³/mol. The first-order valence-corrected chi connectivity index (χ1v) is 7.77. The third-order valence-electron chi connectivity index (χ3n) is 3.93. The Kier molecular flexibility index (Phi) is 4.18. The number of hydrogen-bond acceptors (Lipinski definition) is 3. The molecule has 22 heavy (non-hydrogen) atoms. The van der Waals surface area contributed by atoms with E-state index in [4.69, 9.17) is 4.74 Å². The van der Waals surface area contributed by atoms with Gasteiger partial charge in [0.1, 0.15) is 5.75 Å². The van der Waals surface area contributed by atoms with E-state index in [-0.39, 0.29) is 18.6 Å². The number of aliphatic hydroxyl groups is 1. The number of amides is 1. The maximum atomic E-state index is 12.6. The van der Waals surface area contributed by atoms with Gasteiger partial charge in [-0.1, -0.05) is 34.1 Å². The van der Waals surface area contributed by atoms with Crippen molar-refractivity contribution in [2.24, 2.45) is 0 Å². The largest absolute Gasteiger partial charge is 0.497 e. The summed E-state index contributed by atoms with van der Waals surface area (Å²) in [5, 5.41) is 9.81. The van der Waals surface area contributed by atoms with Gasteiger partial charge in [-0.15, -0.1) is 0 Å². The standard InChI is InChI=1S/C17H16BrNO3/c1-22-14-4-2-3-11(7-14)16(10-20)19-9-12-5-6-13(18)8-15(12)17(19)21/h2-8,16,20H,9-10H2,1H3/t16-/m1/s1. The van der Waals surface area contributed by atoms with E-state index >= 15 is 0 Å². The minimum Gasteiger partial charge on any atom is -0.497 e. The number of benzene rings is 2. The van der Waals surface area contributed by atoms with Crippen LogP contribution in [-0.2, 0) is 6.54 Å². The van der Waals surface area contributed by atoms with Gasteiger partial charge in [0.25, 0.3) is 5.91 Å². The van der Waals surface area contributed by atoms with E-state index in [0.29, 0.717) is 17.9 Å². The molecule has 5 heteroatoms. The lowest BCUT2D eigenvalue weighted by molar-refractivity contribution is 0.0615. The van der Waals surface area contributed by atoms with Crippen molar-refractivity contribution in [2.45, 2.75) is 12.6 Å². The predicted octanol–water partition coefficient (Wildman–Crippen LogP) is 3.15. The number of hydrogen-bond donors (Lipinski definition) is 1. The summed E-state index contributed by atoms with van der Waals surface area (Å²) >= 11 is 3.39. The maximum absolute atomic E-state index is 12.6. The molecule has 1 N–H and O–H groups in total. The molecule has 0 bridgehead atoms. The van der Waals surface area contributed by atoms with Gasteiger partial charge in [0.05, 0.1) is 19.8 Å². The summed E-state index contributed by atoms with van der Waals surface area (Å²) in [6.07, 6.45) is 0. The molecule has 1 atom stereocenters. The molecule has 0 fully saturated rings. The van der Waals surface area contributed by atoms with Crippen molar-refractivity contribution < 1.29 is 14.6 Å². The van der Waals surface area contributed by atoms with Crippen LogP contribution in [0.3, 0.4) is 0 Å². The van der Waals surface area contributed by atoms with E-state index < -0.39 is 0 Å². The van der Waals surface area contributed by atoms with Crippen molar-refractivity contribution in [1.29, 1.82) is 0 Å². The van der Waals surface area contributed by atoms with Crippen LogP contribution in [0.4, 0.5) is 0 Å². The summed E-state index contributed by atoms with van der Waals surface area (Å²) in [7, 11) is 1.60. The monoisotopic (exact) mass is 361 g/mol. The number of rotatable bonds is 4. The van der Waals surface area contributed by atoms with E-state index in [9.17, 15) is 9.90 Å². The number of nitrogens with zero attached hydrogens (tertiary/aromatic N) is 1. The summed E-state index contributed by atoms with van der Waals surface area (Å²) in [4.78, 5) is 14.3. The Balaban J connectivity index is 1.94. The van der Waals surface area contributed by atoms with Crippen LogP contribution >= 0.6 is 15.9 Å². The first-order chi connectivity index (χ1) is 10.6. The average molecular weight is 362 g/mol. The molecule has 1 amide bonds. The fraction of sp³-hybridized carbons (Fsp3) is 0.235. The second-order valence-corrected chi connectivity index (χ2v) is 6.13. The molecule has 0 aromatic heterocycles. The molecule has 2 aromatic rings. The van der Waals surface area contributed by atoms with Crippen LogP contribution in [0.15, 0.2) is 46.9 Å². The third kappa shape index (κ3) is 2.62. The van der Waals surface area contributed by atoms with Crippen molar-refractivity contribution in [1.82, 2.24) is 4.90 Å². The lowest BCUT2D eigenvalue weighted by Gasteiger charge is -2.26. The summed E-state index contributed by atoms with van der Waals surface area (Å²) < 4.78 is 6.10. The van der Waals surface area contributed by atoms with E-state index in [1.165, 1.54) is 0 Å². The molecule has 2 aromatic carbocycles. The number of aliphatic hydroxyl groups excluding tert-OH is 1. The van der Waals surface area contributed by atoms with Gasteiger partial charge < -0.3 is 14.7 Å². The van der Waals surface area contributed by atoms with Crippen LogP contribution < -0.4 is 4.74 Å². The molecule has 1 heterocycles. The van der Waals surface area contributed by atoms with Gasteiger partial charge in [0, 0.05) is 16.6 Å². The quantitative estimate of drug-likeness (QED) is 0.909. The highest BCUT2D eigenvalue weighted by Crippen LogP contribution is 2.33. The zero-order chi connectivity index (χ0) is 15.7. The summed E-state index contributed by atoms with van der Waals surface area (Å²) in [6, 6.07) is 12.8. The van der Waals surface area contributed by atoms with Crippen LogP contribution in [0.2, 0.25) is 0 Å². The van der Waals surface area contributed by atoms with Crippen LogP contribution in [-0.4, -0.2) is 29.6 Å². The van der Waals surface area contributed by atoms with E-state index in [1.807, 2.05) is 42.5 Å². The zero-order valence-corrected chi connectivity index (χ0v) is 13.7. The van der Waals surface area contributed by atoms with E-state index in [2.05, 4.69) is 15.9 Å². The van der Waals surface area contributed by atoms with Crippen molar-refractivity contribution in [3.63, 3.8) is 0 Å². The number of fused-ring (bicyclic) bond motifs is 1. The first-order valence-electron chi connectivity index (χ1n) is 6.98. The van der Waals surface area contributed by atoms with Gasteiger partial charge in [-0.2, -0.15) is 0 Å². The fourth-order valence-corrected chi connectivity index (χ4v) is 3.14. The molecular weight excluding hydrogens is 346 g/mol. The number of carbonyl (C=O) groups excluding carboxylic acids is 1. The van der Waals surface area contributed by atoms with Crippen molar-refractivity contribution in [3.8, 4) is 5.75 Å².